The van der Waals surface area contributed by atoms with E-state index in [1.54, 1.807) is 42.2 Å². The first kappa shape index (κ1) is 12.0. The van der Waals surface area contributed by atoms with Crippen molar-refractivity contribution < 1.29 is 9.18 Å². The first-order chi connectivity index (χ1) is 8.63. The SMILES string of the molecule is Cn1ccc(NC(=O)/C=C/c2ccc(F)cc2)n1. The fourth-order valence-electron chi connectivity index (χ4n) is 1.40. The highest BCUT2D eigenvalue weighted by molar-refractivity contribution is 6.01. The Morgan fingerprint density at radius 1 is 1.33 bits per heavy atom. The number of aromatic nitrogens is 2. The van der Waals surface area contributed by atoms with Gasteiger partial charge in [-0.05, 0) is 23.8 Å². The summed E-state index contributed by atoms with van der Waals surface area (Å²) in [4.78, 5) is 11.5. The summed E-state index contributed by atoms with van der Waals surface area (Å²) in [6.07, 6.45) is 4.72. The number of aryl methyl sites for hydroxylation is 1. The Morgan fingerprint density at radius 2 is 2.06 bits per heavy atom. The van der Waals surface area contributed by atoms with Crippen LogP contribution < -0.4 is 5.32 Å². The lowest BCUT2D eigenvalue weighted by atomic mass is 10.2. The van der Waals surface area contributed by atoms with Crippen LogP contribution in [0.3, 0.4) is 0 Å². The summed E-state index contributed by atoms with van der Waals surface area (Å²) < 4.78 is 14.3. The molecule has 0 spiro atoms. The highest BCUT2D eigenvalue weighted by atomic mass is 19.1. The van der Waals surface area contributed by atoms with Crippen LogP contribution in [0.5, 0.6) is 0 Å². The molecule has 18 heavy (non-hydrogen) atoms. The number of rotatable bonds is 3. The van der Waals surface area contributed by atoms with Gasteiger partial charge in [0.15, 0.2) is 5.82 Å². The smallest absolute Gasteiger partial charge is 0.249 e. The minimum Gasteiger partial charge on any atom is -0.306 e. The third-order valence-electron chi connectivity index (χ3n) is 2.26. The van der Waals surface area contributed by atoms with Crippen molar-refractivity contribution in [1.29, 1.82) is 0 Å². The second kappa shape index (κ2) is 5.27. The molecular formula is C13H12FN3O. The standard InChI is InChI=1S/C13H12FN3O/c1-17-9-8-12(16-17)15-13(18)7-4-10-2-5-11(14)6-3-10/h2-9H,1H3,(H,15,16,18)/b7-4+. The molecule has 1 aromatic carbocycles. The van der Waals surface area contributed by atoms with E-state index in [9.17, 15) is 9.18 Å². The molecule has 0 atom stereocenters. The average molecular weight is 245 g/mol. The van der Waals surface area contributed by atoms with Gasteiger partial charge in [-0.15, -0.1) is 0 Å². The Bertz CT molecular complexity index is 572. The highest BCUT2D eigenvalue weighted by Crippen LogP contribution is 2.05. The van der Waals surface area contributed by atoms with Gasteiger partial charge in [0.05, 0.1) is 0 Å². The Kier molecular flexibility index (Phi) is 3.52. The number of carbonyl (C=O) groups excluding carboxylic acids is 1. The molecule has 5 heteroatoms. The molecule has 0 aliphatic carbocycles. The first-order valence-corrected chi connectivity index (χ1v) is 5.38. The molecule has 0 unspecified atom stereocenters. The number of hydrogen-bond acceptors (Lipinski definition) is 2. The van der Waals surface area contributed by atoms with Crippen molar-refractivity contribution in [3.8, 4) is 0 Å². The minimum atomic E-state index is -0.301. The maximum absolute atomic E-state index is 12.7. The molecule has 1 N–H and O–H groups in total. The quantitative estimate of drug-likeness (QED) is 0.843. The van der Waals surface area contributed by atoms with E-state index >= 15 is 0 Å². The zero-order valence-corrected chi connectivity index (χ0v) is 9.80. The first-order valence-electron chi connectivity index (χ1n) is 5.38. The van der Waals surface area contributed by atoms with Crippen LogP contribution in [0, 0.1) is 5.82 Å². The normalized spacial score (nSPS) is 10.8. The topological polar surface area (TPSA) is 46.9 Å². The Balaban J connectivity index is 1.96. The molecule has 1 aromatic heterocycles. The van der Waals surface area contributed by atoms with Gasteiger partial charge in [0, 0.05) is 25.4 Å². The fraction of sp³-hybridized carbons (Fsp3) is 0.0769. The lowest BCUT2D eigenvalue weighted by molar-refractivity contribution is -0.111. The highest BCUT2D eigenvalue weighted by Gasteiger charge is 2.00. The van der Waals surface area contributed by atoms with Crippen LogP contribution in [0.1, 0.15) is 5.56 Å². The van der Waals surface area contributed by atoms with E-state index in [-0.39, 0.29) is 11.7 Å². The van der Waals surface area contributed by atoms with E-state index < -0.39 is 0 Å². The number of hydrogen-bond donors (Lipinski definition) is 1. The summed E-state index contributed by atoms with van der Waals surface area (Å²) in [5.74, 6) is -0.0885. The second-order valence-electron chi connectivity index (χ2n) is 3.75. The maximum atomic E-state index is 12.7. The third-order valence-corrected chi connectivity index (χ3v) is 2.26. The van der Waals surface area contributed by atoms with Crippen LogP contribution in [0.25, 0.3) is 6.08 Å². The van der Waals surface area contributed by atoms with Crippen molar-refractivity contribution in [1.82, 2.24) is 9.78 Å². The molecule has 0 radical (unpaired) electrons. The molecule has 92 valence electrons. The van der Waals surface area contributed by atoms with E-state index in [2.05, 4.69) is 10.4 Å². The summed E-state index contributed by atoms with van der Waals surface area (Å²) in [7, 11) is 1.77. The second-order valence-corrected chi connectivity index (χ2v) is 3.75. The zero-order valence-electron chi connectivity index (χ0n) is 9.80. The molecule has 1 heterocycles. The largest absolute Gasteiger partial charge is 0.306 e. The lowest BCUT2D eigenvalue weighted by Gasteiger charge is -1.96. The lowest BCUT2D eigenvalue weighted by Crippen LogP contribution is -2.08. The average Bonchev–Trinajstić information content (AvgIpc) is 2.74. The number of anilines is 1. The van der Waals surface area contributed by atoms with Gasteiger partial charge in [0.1, 0.15) is 5.82 Å². The molecular weight excluding hydrogens is 233 g/mol. The molecule has 0 aliphatic heterocycles. The van der Waals surface area contributed by atoms with Crippen molar-refractivity contribution in [3.63, 3.8) is 0 Å². The van der Waals surface area contributed by atoms with E-state index in [1.807, 2.05) is 0 Å². The van der Waals surface area contributed by atoms with Crippen LogP contribution >= 0.6 is 0 Å². The number of nitrogens with one attached hydrogen (secondary N) is 1. The van der Waals surface area contributed by atoms with Gasteiger partial charge >= 0.3 is 0 Å². The predicted octanol–water partition coefficient (Wildman–Crippen LogP) is 2.21. The molecule has 2 aromatic rings. The van der Waals surface area contributed by atoms with Gasteiger partial charge in [-0.3, -0.25) is 9.48 Å². The van der Waals surface area contributed by atoms with Gasteiger partial charge in [0.25, 0.3) is 0 Å². The Hall–Kier alpha value is -2.43. The van der Waals surface area contributed by atoms with Crippen LogP contribution in [0.15, 0.2) is 42.6 Å². The van der Waals surface area contributed by atoms with E-state index in [4.69, 9.17) is 0 Å². The molecule has 0 saturated carbocycles. The number of amides is 1. The van der Waals surface area contributed by atoms with Gasteiger partial charge in [-0.25, -0.2) is 4.39 Å². The molecule has 0 saturated heterocycles. The summed E-state index contributed by atoms with van der Waals surface area (Å²) in [6.45, 7) is 0. The Labute approximate surface area is 104 Å². The number of benzene rings is 1. The number of halogens is 1. The van der Waals surface area contributed by atoms with Crippen LogP contribution in [-0.2, 0) is 11.8 Å². The minimum absolute atomic E-state index is 0.280. The van der Waals surface area contributed by atoms with Crippen molar-refractivity contribution in [2.45, 2.75) is 0 Å². The molecule has 0 aliphatic rings. The molecule has 0 bridgehead atoms. The van der Waals surface area contributed by atoms with Crippen LogP contribution in [-0.4, -0.2) is 15.7 Å². The zero-order chi connectivity index (χ0) is 13.0. The molecule has 1 amide bonds. The molecule has 2 rings (SSSR count). The molecule has 0 fully saturated rings. The molecule has 4 nitrogen and oxygen atoms in total. The fourth-order valence-corrected chi connectivity index (χ4v) is 1.40. The van der Waals surface area contributed by atoms with Crippen molar-refractivity contribution in [2.24, 2.45) is 7.05 Å². The van der Waals surface area contributed by atoms with Crippen molar-refractivity contribution >= 4 is 17.8 Å². The monoisotopic (exact) mass is 245 g/mol. The van der Waals surface area contributed by atoms with Gasteiger partial charge in [-0.2, -0.15) is 5.10 Å². The van der Waals surface area contributed by atoms with Crippen LogP contribution in [0.2, 0.25) is 0 Å². The third kappa shape index (κ3) is 3.28. The van der Waals surface area contributed by atoms with Gasteiger partial charge in [0.2, 0.25) is 5.91 Å². The van der Waals surface area contributed by atoms with Crippen molar-refractivity contribution in [3.05, 3.63) is 54.0 Å². The van der Waals surface area contributed by atoms with Crippen molar-refractivity contribution in [2.75, 3.05) is 5.32 Å². The van der Waals surface area contributed by atoms with Gasteiger partial charge in [-0.1, -0.05) is 12.1 Å². The van der Waals surface area contributed by atoms with E-state index in [0.717, 1.165) is 5.56 Å². The van der Waals surface area contributed by atoms with E-state index in [0.29, 0.717) is 5.82 Å². The van der Waals surface area contributed by atoms with Gasteiger partial charge < -0.3 is 5.32 Å². The summed E-state index contributed by atoms with van der Waals surface area (Å²) in [6, 6.07) is 7.58. The summed E-state index contributed by atoms with van der Waals surface area (Å²) >= 11 is 0. The summed E-state index contributed by atoms with van der Waals surface area (Å²) in [5, 5.41) is 6.63. The summed E-state index contributed by atoms with van der Waals surface area (Å²) in [5.41, 5.74) is 0.757. The maximum Gasteiger partial charge on any atom is 0.249 e. The Morgan fingerprint density at radius 3 is 2.67 bits per heavy atom. The predicted molar refractivity (Wildman–Crippen MR) is 67.3 cm³/mol. The number of nitrogens with zero attached hydrogens (tertiary/aromatic N) is 2. The number of carbonyl (C=O) groups is 1. The van der Waals surface area contributed by atoms with E-state index in [1.165, 1.54) is 18.2 Å². The van der Waals surface area contributed by atoms with Crippen LogP contribution in [0.4, 0.5) is 10.2 Å².